The molecule has 0 radical (unpaired) electrons. The van der Waals surface area contributed by atoms with Crippen LogP contribution in [0.5, 0.6) is 11.5 Å². The monoisotopic (exact) mass is 345 g/mol. The quantitative estimate of drug-likeness (QED) is 0.300. The molecule has 26 heavy (non-hydrogen) atoms. The highest BCUT2D eigenvalue weighted by Gasteiger charge is 2.11. The van der Waals surface area contributed by atoms with Gasteiger partial charge in [0.25, 0.3) is 0 Å². The molecule has 0 atom stereocenters. The average molecular weight is 345 g/mol. The maximum absolute atomic E-state index is 8.63. The molecular weight excluding hydrogens is 326 g/mol. The molecule has 0 spiro atoms. The summed E-state index contributed by atoms with van der Waals surface area (Å²) in [6.07, 6.45) is 0. The van der Waals surface area contributed by atoms with E-state index in [1.807, 2.05) is 78.9 Å². The van der Waals surface area contributed by atoms with Gasteiger partial charge in [0.05, 0.1) is 6.54 Å². The molecule has 0 aliphatic heterocycles. The summed E-state index contributed by atoms with van der Waals surface area (Å²) < 4.78 is 12.0. The first-order valence-corrected chi connectivity index (χ1v) is 8.33. The van der Waals surface area contributed by atoms with Gasteiger partial charge in [-0.15, -0.1) is 0 Å². The van der Waals surface area contributed by atoms with E-state index >= 15 is 0 Å². The van der Waals surface area contributed by atoms with Gasteiger partial charge >= 0.3 is 0 Å². The lowest BCUT2D eigenvalue weighted by Gasteiger charge is -2.16. The van der Waals surface area contributed by atoms with Gasteiger partial charge in [0.2, 0.25) is 0 Å². The summed E-state index contributed by atoms with van der Waals surface area (Å²) in [5.74, 6) is 1.25. The van der Waals surface area contributed by atoms with Crippen LogP contribution in [0.3, 0.4) is 0 Å². The number of hydrogen-bond acceptors (Lipinski definition) is 3. The van der Waals surface area contributed by atoms with Crippen molar-refractivity contribution in [3.8, 4) is 11.5 Å². The second kappa shape index (κ2) is 9.16. The van der Waals surface area contributed by atoms with Crippen LogP contribution in [0.25, 0.3) is 10.4 Å². The molecule has 0 aliphatic rings. The van der Waals surface area contributed by atoms with Gasteiger partial charge < -0.3 is 9.47 Å². The first kappa shape index (κ1) is 17.4. The fourth-order valence-electron chi connectivity index (χ4n) is 2.54. The highest BCUT2D eigenvalue weighted by Crippen LogP contribution is 2.33. The Morgan fingerprint density at radius 2 is 1.35 bits per heavy atom. The van der Waals surface area contributed by atoms with Gasteiger partial charge in [-0.2, -0.15) is 0 Å². The molecule has 5 nitrogen and oxygen atoms in total. The molecule has 0 aliphatic carbocycles. The van der Waals surface area contributed by atoms with Crippen LogP contribution in [0.15, 0.2) is 84.0 Å². The zero-order valence-corrected chi connectivity index (χ0v) is 14.3. The molecule has 130 valence electrons. The van der Waals surface area contributed by atoms with Gasteiger partial charge in [-0.1, -0.05) is 77.9 Å². The maximum Gasteiger partial charge on any atom is 0.165 e. The van der Waals surface area contributed by atoms with E-state index in [0.29, 0.717) is 24.7 Å². The van der Waals surface area contributed by atoms with Crippen molar-refractivity contribution < 1.29 is 9.47 Å². The van der Waals surface area contributed by atoms with E-state index in [2.05, 4.69) is 10.0 Å². The topological polar surface area (TPSA) is 67.2 Å². The third-order valence-electron chi connectivity index (χ3n) is 3.83. The summed E-state index contributed by atoms with van der Waals surface area (Å²) in [4.78, 5) is 2.84. The zero-order chi connectivity index (χ0) is 18.0. The average Bonchev–Trinajstić information content (AvgIpc) is 2.71. The summed E-state index contributed by atoms with van der Waals surface area (Å²) in [6, 6.07) is 25.5. The number of benzene rings is 3. The first-order chi connectivity index (χ1) is 12.9. The van der Waals surface area contributed by atoms with Crippen LogP contribution < -0.4 is 9.47 Å². The lowest BCUT2D eigenvalue weighted by atomic mass is 10.1. The SMILES string of the molecule is [N-]=[N+]=NCc1cccc(OCc2ccccc2)c1OCc1ccccc1. The molecule has 5 heteroatoms. The van der Waals surface area contributed by atoms with Crippen molar-refractivity contribution in [3.63, 3.8) is 0 Å². The fraction of sp³-hybridized carbons (Fsp3) is 0.143. The van der Waals surface area contributed by atoms with Crippen molar-refractivity contribution in [2.24, 2.45) is 5.11 Å². The molecular formula is C21H19N3O2. The van der Waals surface area contributed by atoms with Crippen molar-refractivity contribution >= 4 is 0 Å². The van der Waals surface area contributed by atoms with Gasteiger partial charge in [-0.05, 0) is 22.7 Å². The largest absolute Gasteiger partial charge is 0.485 e. The molecule has 3 aromatic rings. The Bertz CT molecular complexity index is 876. The third-order valence-corrected chi connectivity index (χ3v) is 3.83. The van der Waals surface area contributed by atoms with Crippen LogP contribution >= 0.6 is 0 Å². The van der Waals surface area contributed by atoms with Gasteiger partial charge in [0, 0.05) is 10.5 Å². The number of rotatable bonds is 8. The fourth-order valence-corrected chi connectivity index (χ4v) is 2.54. The Labute approximate surface area is 152 Å². The van der Waals surface area contributed by atoms with E-state index in [1.165, 1.54) is 0 Å². The minimum Gasteiger partial charge on any atom is -0.485 e. The molecule has 0 saturated carbocycles. The van der Waals surface area contributed by atoms with Crippen LogP contribution in [-0.4, -0.2) is 0 Å². The van der Waals surface area contributed by atoms with E-state index in [9.17, 15) is 0 Å². The molecule has 0 aromatic heterocycles. The van der Waals surface area contributed by atoms with Crippen LogP contribution in [0, 0.1) is 0 Å². The lowest BCUT2D eigenvalue weighted by molar-refractivity contribution is 0.254. The Hall–Kier alpha value is -3.43. The molecule has 0 fully saturated rings. The van der Waals surface area contributed by atoms with Gasteiger partial charge in [-0.3, -0.25) is 0 Å². The Kier molecular flexibility index (Phi) is 6.13. The van der Waals surface area contributed by atoms with Crippen LogP contribution in [-0.2, 0) is 19.8 Å². The van der Waals surface area contributed by atoms with Crippen LogP contribution in [0.4, 0.5) is 0 Å². The summed E-state index contributed by atoms with van der Waals surface area (Å²) in [5.41, 5.74) is 11.6. The molecule has 3 aromatic carbocycles. The predicted molar refractivity (Wildman–Crippen MR) is 101 cm³/mol. The molecule has 0 N–H and O–H groups in total. The molecule has 0 unspecified atom stereocenters. The van der Waals surface area contributed by atoms with Crippen LogP contribution in [0.2, 0.25) is 0 Å². The smallest absolute Gasteiger partial charge is 0.165 e. The van der Waals surface area contributed by atoms with Crippen molar-refractivity contribution in [1.29, 1.82) is 0 Å². The summed E-state index contributed by atoms with van der Waals surface area (Å²) in [6.45, 7) is 1.06. The van der Waals surface area contributed by atoms with Gasteiger partial charge in [0.1, 0.15) is 13.2 Å². The minimum atomic E-state index is 0.211. The Morgan fingerprint density at radius 1 is 0.731 bits per heavy atom. The normalized spacial score (nSPS) is 10.0. The summed E-state index contributed by atoms with van der Waals surface area (Å²) >= 11 is 0. The Balaban J connectivity index is 1.80. The second-order valence-electron chi connectivity index (χ2n) is 5.68. The lowest BCUT2D eigenvalue weighted by Crippen LogP contribution is -2.03. The van der Waals surface area contributed by atoms with Crippen molar-refractivity contribution in [3.05, 3.63) is 106 Å². The van der Waals surface area contributed by atoms with E-state index in [-0.39, 0.29) is 6.54 Å². The number of para-hydroxylation sites is 1. The summed E-state index contributed by atoms with van der Waals surface area (Å²) in [7, 11) is 0. The van der Waals surface area contributed by atoms with Crippen LogP contribution in [0.1, 0.15) is 16.7 Å². The van der Waals surface area contributed by atoms with Crippen molar-refractivity contribution in [2.75, 3.05) is 0 Å². The highest BCUT2D eigenvalue weighted by atomic mass is 16.5. The van der Waals surface area contributed by atoms with Crippen molar-refractivity contribution in [2.45, 2.75) is 19.8 Å². The number of nitrogens with zero attached hydrogens (tertiary/aromatic N) is 3. The Morgan fingerprint density at radius 3 is 1.96 bits per heavy atom. The van der Waals surface area contributed by atoms with E-state index in [0.717, 1.165) is 16.7 Å². The van der Waals surface area contributed by atoms with Crippen molar-refractivity contribution in [1.82, 2.24) is 0 Å². The first-order valence-electron chi connectivity index (χ1n) is 8.33. The highest BCUT2D eigenvalue weighted by molar-refractivity contribution is 5.47. The second-order valence-corrected chi connectivity index (χ2v) is 5.68. The third kappa shape index (κ3) is 4.79. The minimum absolute atomic E-state index is 0.211. The van der Waals surface area contributed by atoms with Gasteiger partial charge in [0.15, 0.2) is 11.5 Å². The van der Waals surface area contributed by atoms with Gasteiger partial charge in [-0.25, -0.2) is 0 Å². The maximum atomic E-state index is 8.63. The molecule has 0 heterocycles. The number of azide groups is 1. The number of ether oxygens (including phenoxy) is 2. The molecule has 3 rings (SSSR count). The van der Waals surface area contributed by atoms with E-state index in [4.69, 9.17) is 15.0 Å². The molecule has 0 saturated heterocycles. The standard InChI is InChI=1S/C21H19N3O2/c22-24-23-14-19-12-7-13-20(25-15-17-8-3-1-4-9-17)21(19)26-16-18-10-5-2-6-11-18/h1-13H,14-16H2. The predicted octanol–water partition coefficient (Wildman–Crippen LogP) is 5.65. The molecule has 0 bridgehead atoms. The molecule has 0 amide bonds. The summed E-state index contributed by atoms with van der Waals surface area (Å²) in [5, 5.41) is 3.66. The van der Waals surface area contributed by atoms with E-state index in [1.54, 1.807) is 0 Å². The number of hydrogen-bond donors (Lipinski definition) is 0. The van der Waals surface area contributed by atoms with E-state index < -0.39 is 0 Å². The zero-order valence-electron chi connectivity index (χ0n) is 14.3.